The second-order valence-electron chi connectivity index (χ2n) is 8.68. The van der Waals surface area contributed by atoms with Crippen LogP contribution in [-0.2, 0) is 31.5 Å². The zero-order valence-corrected chi connectivity index (χ0v) is 19.8. The summed E-state index contributed by atoms with van der Waals surface area (Å²) in [6.07, 6.45) is -1.45. The maximum absolute atomic E-state index is 13.9. The van der Waals surface area contributed by atoms with Crippen LogP contribution >= 0.6 is 0 Å². The summed E-state index contributed by atoms with van der Waals surface area (Å²) in [4.78, 5) is 3.38. The van der Waals surface area contributed by atoms with Gasteiger partial charge >= 0.3 is 6.18 Å². The van der Waals surface area contributed by atoms with Crippen molar-refractivity contribution in [3.05, 3.63) is 47.8 Å². The second-order valence-corrected chi connectivity index (χ2v) is 12.6. The Morgan fingerprint density at radius 1 is 1.00 bits per heavy atom. The number of ether oxygens (including phenoxy) is 1. The molecule has 1 aromatic heterocycles. The number of aromatic nitrogens is 1. The van der Waals surface area contributed by atoms with E-state index < -0.39 is 42.5 Å². The third-order valence-electron chi connectivity index (χ3n) is 6.32. The van der Waals surface area contributed by atoms with E-state index in [9.17, 15) is 25.8 Å². The van der Waals surface area contributed by atoms with Crippen molar-refractivity contribution >= 4 is 20.6 Å². The predicted octanol–water partition coefficient (Wildman–Crippen LogP) is 4.70. The molecule has 0 bridgehead atoms. The van der Waals surface area contributed by atoms with Crippen LogP contribution in [0.3, 0.4) is 0 Å². The fourth-order valence-electron chi connectivity index (χ4n) is 4.57. The smallest absolute Gasteiger partial charge is 0.375 e. The number of alkyl halides is 3. The maximum Gasteiger partial charge on any atom is 0.417 e. The highest BCUT2D eigenvalue weighted by atomic mass is 32.2. The number of aryl methyl sites for hydroxylation is 1. The molecule has 2 fully saturated rings. The molecule has 4 rings (SSSR count). The van der Waals surface area contributed by atoms with Crippen LogP contribution in [0.25, 0.3) is 11.1 Å². The summed E-state index contributed by atoms with van der Waals surface area (Å²) in [5.74, 6) is 1.13. The molecule has 1 saturated carbocycles. The fourth-order valence-corrected chi connectivity index (χ4v) is 7.84. The highest BCUT2D eigenvalue weighted by Gasteiger charge is 2.43. The standard InChI is InChI=1S/C23H26F3NO4S2/c1-15-12-17(6-9-27-15)16-2-5-22(21(13-16)23(24,25)26)33(29,30)20-4-3-19(14-20)31-18-7-10-32(28)11-8-18/h2,5-6,9,12-13,18-20H,3-4,7-8,10-11,14H2,1H3/t18?,19-,20+,32?/m0/s1. The van der Waals surface area contributed by atoms with Gasteiger partial charge in [-0.3, -0.25) is 9.19 Å². The Bertz CT molecular complexity index is 1140. The van der Waals surface area contributed by atoms with Gasteiger partial charge in [0.25, 0.3) is 0 Å². The average Bonchev–Trinajstić information content (AvgIpc) is 3.24. The van der Waals surface area contributed by atoms with Crippen LogP contribution in [0.5, 0.6) is 0 Å². The van der Waals surface area contributed by atoms with E-state index in [0.29, 0.717) is 42.0 Å². The molecule has 5 nitrogen and oxygen atoms in total. The van der Waals surface area contributed by atoms with E-state index in [1.165, 1.54) is 12.3 Å². The van der Waals surface area contributed by atoms with Crippen LogP contribution in [0.4, 0.5) is 13.2 Å². The van der Waals surface area contributed by atoms with Crippen molar-refractivity contribution < 1.29 is 30.5 Å². The molecule has 1 aromatic carbocycles. The van der Waals surface area contributed by atoms with Crippen molar-refractivity contribution in [1.82, 2.24) is 4.98 Å². The molecule has 10 heteroatoms. The zero-order chi connectivity index (χ0) is 23.8. The molecular formula is C23H26F3NO4S2. The molecule has 0 N–H and O–H groups in total. The van der Waals surface area contributed by atoms with Crippen molar-refractivity contribution in [2.24, 2.45) is 0 Å². The van der Waals surface area contributed by atoms with Crippen LogP contribution in [0.1, 0.15) is 43.4 Å². The van der Waals surface area contributed by atoms with E-state index in [-0.39, 0.29) is 30.6 Å². The fraction of sp³-hybridized carbons (Fsp3) is 0.522. The summed E-state index contributed by atoms with van der Waals surface area (Å²) in [5.41, 5.74) is 0.335. The number of pyridine rings is 1. The first-order valence-electron chi connectivity index (χ1n) is 10.9. The minimum atomic E-state index is -4.81. The van der Waals surface area contributed by atoms with Crippen molar-refractivity contribution in [3.63, 3.8) is 0 Å². The number of sulfone groups is 1. The minimum absolute atomic E-state index is 0.0667. The number of nitrogens with zero attached hydrogens (tertiary/aromatic N) is 1. The highest BCUT2D eigenvalue weighted by Crippen LogP contribution is 2.41. The Kier molecular flexibility index (Phi) is 6.98. The Hall–Kier alpha value is -1.78. The van der Waals surface area contributed by atoms with Gasteiger partial charge in [-0.05, 0) is 74.4 Å². The first-order chi connectivity index (χ1) is 15.5. The van der Waals surface area contributed by atoms with Crippen LogP contribution < -0.4 is 0 Å². The number of hydrogen-bond donors (Lipinski definition) is 0. The molecule has 1 aliphatic carbocycles. The molecule has 1 aliphatic heterocycles. The molecule has 2 heterocycles. The first kappa shape index (κ1) is 24.3. The molecular weight excluding hydrogens is 475 g/mol. The predicted molar refractivity (Wildman–Crippen MR) is 120 cm³/mol. The SMILES string of the molecule is Cc1cc(-c2ccc(S(=O)(=O)[C@@H]3CC[C@H](OC4CCS(=O)CC4)C3)c(C(F)(F)F)c2)ccn1. The third-order valence-corrected chi connectivity index (χ3v) is 9.97. The van der Waals surface area contributed by atoms with Gasteiger partial charge in [0.05, 0.1) is 27.9 Å². The van der Waals surface area contributed by atoms with Crippen molar-refractivity contribution in [3.8, 4) is 11.1 Å². The number of hydrogen-bond acceptors (Lipinski definition) is 5. The summed E-state index contributed by atoms with van der Waals surface area (Å²) in [5, 5.41) is -0.921. The summed E-state index contributed by atoms with van der Waals surface area (Å²) in [6.45, 7) is 1.73. The van der Waals surface area contributed by atoms with E-state index in [1.807, 2.05) is 0 Å². The summed E-state index contributed by atoms with van der Waals surface area (Å²) in [6, 6.07) is 6.66. The lowest BCUT2D eigenvalue weighted by molar-refractivity contribution is -0.139. The topological polar surface area (TPSA) is 73.3 Å². The van der Waals surface area contributed by atoms with Crippen molar-refractivity contribution in [2.45, 2.75) is 67.6 Å². The number of benzene rings is 1. The third kappa shape index (κ3) is 5.49. The Labute approximate surface area is 194 Å². The largest absolute Gasteiger partial charge is 0.417 e. The van der Waals surface area contributed by atoms with Gasteiger partial charge in [-0.2, -0.15) is 13.2 Å². The van der Waals surface area contributed by atoms with Crippen molar-refractivity contribution in [1.29, 1.82) is 0 Å². The first-order valence-corrected chi connectivity index (χ1v) is 14.0. The van der Waals surface area contributed by atoms with Gasteiger partial charge in [0, 0.05) is 34.2 Å². The quantitative estimate of drug-likeness (QED) is 0.594. The van der Waals surface area contributed by atoms with E-state index in [4.69, 9.17) is 4.74 Å². The van der Waals surface area contributed by atoms with Gasteiger partial charge in [-0.25, -0.2) is 8.42 Å². The van der Waals surface area contributed by atoms with E-state index in [0.717, 1.165) is 12.1 Å². The van der Waals surface area contributed by atoms with Crippen LogP contribution in [0.15, 0.2) is 41.4 Å². The minimum Gasteiger partial charge on any atom is -0.375 e. The number of rotatable bonds is 5. The molecule has 1 saturated heterocycles. The van der Waals surface area contributed by atoms with Gasteiger partial charge in [-0.15, -0.1) is 0 Å². The monoisotopic (exact) mass is 501 g/mol. The molecule has 180 valence electrons. The lowest BCUT2D eigenvalue weighted by atomic mass is 10.0. The Morgan fingerprint density at radius 3 is 2.36 bits per heavy atom. The Morgan fingerprint density at radius 2 is 1.70 bits per heavy atom. The van der Waals surface area contributed by atoms with Crippen LogP contribution in [-0.4, -0.2) is 46.6 Å². The lowest BCUT2D eigenvalue weighted by Crippen LogP contribution is -2.29. The van der Waals surface area contributed by atoms with E-state index in [1.54, 1.807) is 19.1 Å². The molecule has 0 spiro atoms. The molecule has 2 aliphatic rings. The molecule has 2 atom stereocenters. The Balaban J connectivity index is 1.57. The second kappa shape index (κ2) is 9.46. The van der Waals surface area contributed by atoms with Gasteiger partial charge in [-0.1, -0.05) is 6.07 Å². The average molecular weight is 502 g/mol. The maximum atomic E-state index is 13.9. The van der Waals surface area contributed by atoms with Gasteiger partial charge in [0.1, 0.15) is 0 Å². The van der Waals surface area contributed by atoms with Crippen LogP contribution in [0.2, 0.25) is 0 Å². The van der Waals surface area contributed by atoms with Gasteiger partial charge in [0.2, 0.25) is 0 Å². The van der Waals surface area contributed by atoms with Gasteiger partial charge < -0.3 is 4.74 Å². The van der Waals surface area contributed by atoms with Crippen molar-refractivity contribution in [2.75, 3.05) is 11.5 Å². The molecule has 0 radical (unpaired) electrons. The summed E-state index contributed by atoms with van der Waals surface area (Å²) >= 11 is 0. The molecule has 0 amide bonds. The molecule has 33 heavy (non-hydrogen) atoms. The summed E-state index contributed by atoms with van der Waals surface area (Å²) < 4.78 is 85.9. The molecule has 2 aromatic rings. The number of halogens is 3. The van der Waals surface area contributed by atoms with E-state index >= 15 is 0 Å². The van der Waals surface area contributed by atoms with E-state index in [2.05, 4.69) is 4.98 Å². The van der Waals surface area contributed by atoms with Crippen LogP contribution in [0, 0.1) is 6.92 Å². The normalized spacial score (nSPS) is 26.4. The lowest BCUT2D eigenvalue weighted by Gasteiger charge is -2.25. The highest BCUT2D eigenvalue weighted by molar-refractivity contribution is 7.92. The summed E-state index contributed by atoms with van der Waals surface area (Å²) in [7, 11) is -5.03. The zero-order valence-electron chi connectivity index (χ0n) is 18.2. The molecule has 0 unspecified atom stereocenters. The van der Waals surface area contributed by atoms with Gasteiger partial charge in [0.15, 0.2) is 9.84 Å².